The van der Waals surface area contributed by atoms with Crippen molar-refractivity contribution in [1.29, 1.82) is 0 Å². The van der Waals surface area contributed by atoms with Gasteiger partial charge in [-0.15, -0.1) is 0 Å². The molecule has 1 atom stereocenters. The summed E-state index contributed by atoms with van der Waals surface area (Å²) in [4.78, 5) is 24.3. The van der Waals surface area contributed by atoms with E-state index in [9.17, 15) is 9.00 Å². The first kappa shape index (κ1) is 24.9. The van der Waals surface area contributed by atoms with Gasteiger partial charge in [0.05, 0.1) is 32.7 Å². The molecule has 1 N–H and O–H groups in total. The Morgan fingerprint density at radius 2 is 1.83 bits per heavy atom. The first-order valence-electron chi connectivity index (χ1n) is 11.9. The molecule has 4 rings (SSSR count). The van der Waals surface area contributed by atoms with Crippen LogP contribution in [-0.4, -0.2) is 66.8 Å². The van der Waals surface area contributed by atoms with Crippen molar-refractivity contribution in [1.82, 2.24) is 9.88 Å². The van der Waals surface area contributed by atoms with Crippen molar-refractivity contribution in [3.8, 4) is 0 Å². The number of rotatable bonds is 8. The molecule has 0 spiro atoms. The Morgan fingerprint density at radius 1 is 1.06 bits per heavy atom. The van der Waals surface area contributed by atoms with Crippen molar-refractivity contribution < 1.29 is 9.00 Å². The van der Waals surface area contributed by atoms with Crippen molar-refractivity contribution in [3.05, 3.63) is 78.1 Å². The SMILES string of the molecule is CCN1CCN(c2ccc(NC(=O)c3cccnc3)c(S(=O)Cc3ccccc3N(C)C)c2)CC1. The van der Waals surface area contributed by atoms with Crippen LogP contribution >= 0.6 is 0 Å². The van der Waals surface area contributed by atoms with Crippen LogP contribution in [0.4, 0.5) is 17.1 Å². The van der Waals surface area contributed by atoms with Gasteiger partial charge in [-0.3, -0.25) is 14.0 Å². The number of likely N-dealkylation sites (N-methyl/N-ethyl adjacent to an activating group) is 1. The third kappa shape index (κ3) is 6.07. The minimum atomic E-state index is -1.36. The molecule has 1 aromatic heterocycles. The van der Waals surface area contributed by atoms with E-state index in [4.69, 9.17) is 0 Å². The van der Waals surface area contributed by atoms with E-state index >= 15 is 0 Å². The predicted octanol–water partition coefficient (Wildman–Crippen LogP) is 3.85. The summed E-state index contributed by atoms with van der Waals surface area (Å²) >= 11 is 0. The molecule has 1 aliphatic heterocycles. The van der Waals surface area contributed by atoms with Crippen LogP contribution in [0, 0.1) is 0 Å². The number of amides is 1. The van der Waals surface area contributed by atoms with E-state index in [1.165, 1.54) is 6.20 Å². The van der Waals surface area contributed by atoms with Crippen molar-refractivity contribution in [2.24, 2.45) is 0 Å². The van der Waals surface area contributed by atoms with Crippen LogP contribution in [0.15, 0.2) is 71.9 Å². The van der Waals surface area contributed by atoms with Crippen LogP contribution in [0.5, 0.6) is 0 Å². The number of nitrogens with one attached hydrogen (secondary N) is 1. The number of hydrogen-bond donors (Lipinski definition) is 1. The quantitative estimate of drug-likeness (QED) is 0.516. The molecular weight excluding hydrogens is 458 g/mol. The molecule has 2 heterocycles. The van der Waals surface area contributed by atoms with Crippen molar-refractivity contribution >= 4 is 33.8 Å². The summed E-state index contributed by atoms with van der Waals surface area (Å²) < 4.78 is 13.8. The number of carbonyl (C=O) groups is 1. The summed E-state index contributed by atoms with van der Waals surface area (Å²) in [5.41, 5.74) is 4.10. The molecule has 2 aromatic carbocycles. The third-order valence-corrected chi connectivity index (χ3v) is 7.73. The van der Waals surface area contributed by atoms with Crippen molar-refractivity contribution in [2.75, 3.05) is 61.9 Å². The Balaban J connectivity index is 1.64. The zero-order chi connectivity index (χ0) is 24.8. The average Bonchev–Trinajstić information content (AvgIpc) is 2.89. The predicted molar refractivity (Wildman–Crippen MR) is 144 cm³/mol. The van der Waals surface area contributed by atoms with Crippen LogP contribution in [0.2, 0.25) is 0 Å². The third-order valence-electron chi connectivity index (χ3n) is 6.33. The topological polar surface area (TPSA) is 68.8 Å². The van der Waals surface area contributed by atoms with Crippen LogP contribution in [0.1, 0.15) is 22.8 Å². The van der Waals surface area contributed by atoms with Crippen molar-refractivity contribution in [2.45, 2.75) is 17.6 Å². The van der Waals surface area contributed by atoms with Gasteiger partial charge >= 0.3 is 0 Å². The fourth-order valence-electron chi connectivity index (χ4n) is 4.30. The normalized spacial score (nSPS) is 15.0. The lowest BCUT2D eigenvalue weighted by atomic mass is 10.2. The average molecular weight is 492 g/mol. The van der Waals surface area contributed by atoms with E-state index in [0.29, 0.717) is 21.9 Å². The highest BCUT2D eigenvalue weighted by Crippen LogP contribution is 2.30. The van der Waals surface area contributed by atoms with Crippen molar-refractivity contribution in [3.63, 3.8) is 0 Å². The lowest BCUT2D eigenvalue weighted by Gasteiger charge is -2.35. The second kappa shape index (κ2) is 11.5. The van der Waals surface area contributed by atoms with E-state index in [1.54, 1.807) is 18.3 Å². The van der Waals surface area contributed by atoms with Gasteiger partial charge < -0.3 is 20.0 Å². The Labute approximate surface area is 210 Å². The molecular formula is C27H33N5O2S. The summed E-state index contributed by atoms with van der Waals surface area (Å²) in [6.45, 7) is 7.08. The van der Waals surface area contributed by atoms with Gasteiger partial charge in [0.2, 0.25) is 0 Å². The summed E-state index contributed by atoms with van der Waals surface area (Å²) in [5, 5.41) is 2.97. The summed E-state index contributed by atoms with van der Waals surface area (Å²) in [5.74, 6) is 0.0892. The number of carbonyl (C=O) groups excluding carboxylic acids is 1. The number of nitrogens with zero attached hydrogens (tertiary/aromatic N) is 4. The van der Waals surface area contributed by atoms with Gasteiger partial charge in [0, 0.05) is 64.0 Å². The smallest absolute Gasteiger partial charge is 0.257 e. The first-order valence-corrected chi connectivity index (χ1v) is 13.2. The second-order valence-electron chi connectivity index (χ2n) is 8.81. The highest BCUT2D eigenvalue weighted by molar-refractivity contribution is 7.84. The Morgan fingerprint density at radius 3 is 2.51 bits per heavy atom. The van der Waals surface area contributed by atoms with Crippen LogP contribution in [0.3, 0.4) is 0 Å². The fourth-order valence-corrected chi connectivity index (χ4v) is 5.60. The first-order chi connectivity index (χ1) is 17.0. The number of pyridine rings is 1. The molecule has 1 fully saturated rings. The Kier molecular flexibility index (Phi) is 8.15. The molecule has 1 saturated heterocycles. The van der Waals surface area contributed by atoms with Gasteiger partial charge in [0.15, 0.2) is 0 Å². The standard InChI is InChI=1S/C27H33N5O2S/c1-4-31-14-16-32(17-15-31)23-11-12-24(29-27(33)21-9-7-13-28-19-21)26(18-23)35(34)20-22-8-5-6-10-25(22)30(2)3/h5-13,18-19H,4,14-17,20H2,1-3H3,(H,29,33). The Hall–Kier alpha value is -3.23. The largest absolute Gasteiger partial charge is 0.377 e. The zero-order valence-electron chi connectivity index (χ0n) is 20.6. The lowest BCUT2D eigenvalue weighted by molar-refractivity contribution is 0.102. The molecule has 184 valence electrons. The number of para-hydroxylation sites is 1. The summed E-state index contributed by atoms with van der Waals surface area (Å²) in [7, 11) is 2.60. The maximum atomic E-state index is 13.8. The minimum absolute atomic E-state index is 0.269. The molecule has 0 saturated carbocycles. The van der Waals surface area contributed by atoms with Crippen LogP contribution in [-0.2, 0) is 16.6 Å². The summed E-state index contributed by atoms with van der Waals surface area (Å²) in [6, 6.07) is 17.3. The maximum Gasteiger partial charge on any atom is 0.257 e. The van der Waals surface area contributed by atoms with Gasteiger partial charge in [-0.2, -0.15) is 0 Å². The molecule has 1 aliphatic rings. The number of aromatic nitrogens is 1. The molecule has 1 unspecified atom stereocenters. The molecule has 3 aromatic rings. The summed E-state index contributed by atoms with van der Waals surface area (Å²) in [6.07, 6.45) is 3.16. The molecule has 1 amide bonds. The molecule has 8 heteroatoms. The van der Waals surface area contributed by atoms with E-state index in [2.05, 4.69) is 27.0 Å². The maximum absolute atomic E-state index is 13.8. The highest BCUT2D eigenvalue weighted by Gasteiger charge is 2.20. The van der Waals surface area contributed by atoms with Crippen LogP contribution in [0.25, 0.3) is 0 Å². The van der Waals surface area contributed by atoms with E-state index in [0.717, 1.165) is 49.7 Å². The van der Waals surface area contributed by atoms with Gasteiger partial charge in [0.25, 0.3) is 5.91 Å². The van der Waals surface area contributed by atoms with E-state index in [1.807, 2.05) is 61.5 Å². The number of hydrogen-bond acceptors (Lipinski definition) is 6. The molecule has 0 bridgehead atoms. The minimum Gasteiger partial charge on any atom is -0.377 e. The van der Waals surface area contributed by atoms with Gasteiger partial charge in [-0.05, 0) is 48.5 Å². The number of anilines is 3. The Bertz CT molecular complexity index is 1180. The number of piperazine rings is 1. The second-order valence-corrected chi connectivity index (χ2v) is 10.2. The lowest BCUT2D eigenvalue weighted by Crippen LogP contribution is -2.46. The zero-order valence-corrected chi connectivity index (χ0v) is 21.4. The number of benzene rings is 2. The monoisotopic (exact) mass is 491 g/mol. The molecule has 0 radical (unpaired) electrons. The molecule has 35 heavy (non-hydrogen) atoms. The molecule has 0 aliphatic carbocycles. The highest BCUT2D eigenvalue weighted by atomic mass is 32.2. The fraction of sp³-hybridized carbons (Fsp3) is 0.333. The van der Waals surface area contributed by atoms with E-state index in [-0.39, 0.29) is 5.91 Å². The van der Waals surface area contributed by atoms with Crippen LogP contribution < -0.4 is 15.1 Å². The molecule has 7 nitrogen and oxygen atoms in total. The van der Waals surface area contributed by atoms with E-state index < -0.39 is 10.8 Å². The van der Waals surface area contributed by atoms with Gasteiger partial charge in [-0.25, -0.2) is 0 Å². The van der Waals surface area contributed by atoms with Gasteiger partial charge in [0.1, 0.15) is 0 Å². The van der Waals surface area contributed by atoms with Gasteiger partial charge in [-0.1, -0.05) is 25.1 Å².